The first-order chi connectivity index (χ1) is 10.3. The molecule has 1 saturated heterocycles. The molecule has 21 heavy (non-hydrogen) atoms. The van der Waals surface area contributed by atoms with Crippen LogP contribution in [-0.4, -0.2) is 37.6 Å². The van der Waals surface area contributed by atoms with Crippen LogP contribution < -0.4 is 10.6 Å². The van der Waals surface area contributed by atoms with Crippen molar-refractivity contribution in [1.82, 2.24) is 4.90 Å². The van der Waals surface area contributed by atoms with Gasteiger partial charge in [-0.2, -0.15) is 0 Å². The second-order valence-electron chi connectivity index (χ2n) is 5.64. The molecule has 1 atom stereocenters. The predicted octanol–water partition coefficient (Wildman–Crippen LogP) is 2.51. The number of hydrogen-bond donors (Lipinski definition) is 1. The Balaban J connectivity index is 1.52. The van der Waals surface area contributed by atoms with Crippen molar-refractivity contribution >= 4 is 5.69 Å². The van der Waals surface area contributed by atoms with E-state index in [1.54, 1.807) is 0 Å². The van der Waals surface area contributed by atoms with E-state index in [1.165, 1.54) is 11.3 Å². The Kier molecular flexibility index (Phi) is 4.53. The molecule has 3 rings (SSSR count). The number of rotatable bonds is 4. The maximum atomic E-state index is 6.32. The van der Waals surface area contributed by atoms with E-state index in [1.807, 2.05) is 6.07 Å². The average molecular weight is 281 g/mol. The maximum Gasteiger partial charge on any atom is 0.0424 e. The van der Waals surface area contributed by atoms with E-state index in [9.17, 15) is 0 Å². The van der Waals surface area contributed by atoms with Crippen molar-refractivity contribution in [3.63, 3.8) is 0 Å². The molecule has 1 heterocycles. The molecule has 1 fully saturated rings. The Morgan fingerprint density at radius 1 is 0.810 bits per heavy atom. The summed E-state index contributed by atoms with van der Waals surface area (Å²) in [6, 6.07) is 21.1. The molecular formula is C18H23N3. The highest BCUT2D eigenvalue weighted by molar-refractivity contribution is 5.46. The molecule has 3 heteroatoms. The van der Waals surface area contributed by atoms with Gasteiger partial charge in [0.2, 0.25) is 0 Å². The molecule has 0 saturated carbocycles. The quantitative estimate of drug-likeness (QED) is 0.934. The van der Waals surface area contributed by atoms with Crippen LogP contribution in [0.1, 0.15) is 11.6 Å². The summed E-state index contributed by atoms with van der Waals surface area (Å²) in [5.41, 5.74) is 8.86. The molecule has 0 aromatic heterocycles. The van der Waals surface area contributed by atoms with Gasteiger partial charge >= 0.3 is 0 Å². The minimum Gasteiger partial charge on any atom is -0.369 e. The lowest BCUT2D eigenvalue weighted by atomic mass is 10.1. The monoisotopic (exact) mass is 281 g/mol. The van der Waals surface area contributed by atoms with E-state index in [2.05, 4.69) is 64.4 Å². The number of para-hydroxylation sites is 1. The van der Waals surface area contributed by atoms with Gasteiger partial charge in [-0.1, -0.05) is 48.5 Å². The van der Waals surface area contributed by atoms with Crippen molar-refractivity contribution in [3.05, 3.63) is 66.2 Å². The molecule has 1 aliphatic rings. The second-order valence-corrected chi connectivity index (χ2v) is 5.64. The Morgan fingerprint density at radius 3 is 2.00 bits per heavy atom. The standard InChI is InChI=1S/C18H23N3/c19-18(16-7-3-1-4-8-16)15-20-11-13-21(14-12-20)17-9-5-2-6-10-17/h1-10,18H,11-15,19H2. The van der Waals surface area contributed by atoms with Gasteiger partial charge in [-0.05, 0) is 17.7 Å². The van der Waals surface area contributed by atoms with Crippen LogP contribution in [0.3, 0.4) is 0 Å². The SMILES string of the molecule is NC(CN1CCN(c2ccccc2)CC1)c1ccccc1. The lowest BCUT2D eigenvalue weighted by molar-refractivity contribution is 0.243. The van der Waals surface area contributed by atoms with Crippen molar-refractivity contribution < 1.29 is 0 Å². The number of anilines is 1. The van der Waals surface area contributed by atoms with Crippen molar-refractivity contribution in [2.75, 3.05) is 37.6 Å². The molecule has 3 nitrogen and oxygen atoms in total. The van der Waals surface area contributed by atoms with Gasteiger partial charge in [0.1, 0.15) is 0 Å². The number of nitrogens with zero attached hydrogens (tertiary/aromatic N) is 2. The number of benzene rings is 2. The lowest BCUT2D eigenvalue weighted by Gasteiger charge is -2.37. The predicted molar refractivity (Wildman–Crippen MR) is 88.5 cm³/mol. The van der Waals surface area contributed by atoms with Gasteiger partial charge in [0.15, 0.2) is 0 Å². The molecule has 0 amide bonds. The molecule has 1 aliphatic heterocycles. The highest BCUT2D eigenvalue weighted by Gasteiger charge is 2.19. The third kappa shape index (κ3) is 3.63. The van der Waals surface area contributed by atoms with Crippen LogP contribution in [0.5, 0.6) is 0 Å². The molecule has 0 aliphatic carbocycles. The van der Waals surface area contributed by atoms with Crippen LogP contribution in [0, 0.1) is 0 Å². The first kappa shape index (κ1) is 14.1. The van der Waals surface area contributed by atoms with E-state index in [0.717, 1.165) is 32.7 Å². The number of hydrogen-bond acceptors (Lipinski definition) is 3. The molecule has 1 unspecified atom stereocenters. The molecular weight excluding hydrogens is 258 g/mol. The average Bonchev–Trinajstić information content (AvgIpc) is 2.57. The summed E-state index contributed by atoms with van der Waals surface area (Å²) in [6.45, 7) is 5.24. The van der Waals surface area contributed by atoms with E-state index in [4.69, 9.17) is 5.73 Å². The highest BCUT2D eigenvalue weighted by atomic mass is 15.3. The summed E-state index contributed by atoms with van der Waals surface area (Å²) in [5, 5.41) is 0. The Hall–Kier alpha value is -1.84. The van der Waals surface area contributed by atoms with Gasteiger partial charge in [-0.3, -0.25) is 4.90 Å². The van der Waals surface area contributed by atoms with Gasteiger partial charge in [0, 0.05) is 44.5 Å². The topological polar surface area (TPSA) is 32.5 Å². The van der Waals surface area contributed by atoms with Crippen LogP contribution >= 0.6 is 0 Å². The molecule has 0 radical (unpaired) electrons. The van der Waals surface area contributed by atoms with Crippen molar-refractivity contribution in [2.24, 2.45) is 5.73 Å². The van der Waals surface area contributed by atoms with Gasteiger partial charge < -0.3 is 10.6 Å². The molecule has 2 N–H and O–H groups in total. The van der Waals surface area contributed by atoms with Gasteiger partial charge in [-0.25, -0.2) is 0 Å². The number of nitrogens with two attached hydrogens (primary N) is 1. The van der Waals surface area contributed by atoms with Crippen LogP contribution in [0.15, 0.2) is 60.7 Å². The summed E-state index contributed by atoms with van der Waals surface area (Å²) in [6.07, 6.45) is 0. The zero-order valence-electron chi connectivity index (χ0n) is 12.4. The fourth-order valence-corrected chi connectivity index (χ4v) is 2.91. The van der Waals surface area contributed by atoms with Crippen LogP contribution in [0.25, 0.3) is 0 Å². The molecule has 0 bridgehead atoms. The zero-order chi connectivity index (χ0) is 14.5. The Morgan fingerprint density at radius 2 is 1.38 bits per heavy atom. The molecule has 0 spiro atoms. The summed E-state index contributed by atoms with van der Waals surface area (Å²) in [4.78, 5) is 4.92. The maximum absolute atomic E-state index is 6.32. The lowest BCUT2D eigenvalue weighted by Crippen LogP contribution is -2.48. The minimum absolute atomic E-state index is 0.106. The van der Waals surface area contributed by atoms with Crippen LogP contribution in [0.4, 0.5) is 5.69 Å². The van der Waals surface area contributed by atoms with E-state index < -0.39 is 0 Å². The normalized spacial score (nSPS) is 17.7. The molecule has 110 valence electrons. The van der Waals surface area contributed by atoms with E-state index >= 15 is 0 Å². The highest BCUT2D eigenvalue weighted by Crippen LogP contribution is 2.17. The zero-order valence-corrected chi connectivity index (χ0v) is 12.4. The van der Waals surface area contributed by atoms with Crippen molar-refractivity contribution in [2.45, 2.75) is 6.04 Å². The Bertz CT molecular complexity index is 533. The van der Waals surface area contributed by atoms with Gasteiger partial charge in [-0.15, -0.1) is 0 Å². The summed E-state index contributed by atoms with van der Waals surface area (Å²) >= 11 is 0. The third-order valence-electron chi connectivity index (χ3n) is 4.18. The van der Waals surface area contributed by atoms with Crippen LogP contribution in [-0.2, 0) is 0 Å². The van der Waals surface area contributed by atoms with Crippen molar-refractivity contribution in [3.8, 4) is 0 Å². The fourth-order valence-electron chi connectivity index (χ4n) is 2.91. The summed E-state index contributed by atoms with van der Waals surface area (Å²) in [5.74, 6) is 0. The minimum atomic E-state index is 0.106. The van der Waals surface area contributed by atoms with Crippen molar-refractivity contribution in [1.29, 1.82) is 0 Å². The summed E-state index contributed by atoms with van der Waals surface area (Å²) in [7, 11) is 0. The number of piperazine rings is 1. The molecule has 2 aromatic carbocycles. The van der Waals surface area contributed by atoms with Gasteiger partial charge in [0.25, 0.3) is 0 Å². The molecule has 2 aromatic rings. The third-order valence-corrected chi connectivity index (χ3v) is 4.18. The summed E-state index contributed by atoms with van der Waals surface area (Å²) < 4.78 is 0. The smallest absolute Gasteiger partial charge is 0.0424 e. The Labute approximate surface area is 127 Å². The first-order valence-electron chi connectivity index (χ1n) is 7.66. The fraction of sp³-hybridized carbons (Fsp3) is 0.333. The van der Waals surface area contributed by atoms with E-state index in [-0.39, 0.29) is 6.04 Å². The first-order valence-corrected chi connectivity index (χ1v) is 7.66. The second kappa shape index (κ2) is 6.74. The van der Waals surface area contributed by atoms with Gasteiger partial charge in [0.05, 0.1) is 0 Å². The van der Waals surface area contributed by atoms with E-state index in [0.29, 0.717) is 0 Å². The largest absolute Gasteiger partial charge is 0.369 e. The van der Waals surface area contributed by atoms with Crippen LogP contribution in [0.2, 0.25) is 0 Å².